The molecule has 0 aromatic carbocycles. The zero-order valence-corrected chi connectivity index (χ0v) is 18.7. The lowest BCUT2D eigenvalue weighted by Gasteiger charge is -2.13. The highest BCUT2D eigenvalue weighted by Gasteiger charge is 2.38. The Morgan fingerprint density at radius 2 is 2.00 bits per heavy atom. The molecule has 1 saturated heterocycles. The molecule has 2 heterocycles. The summed E-state index contributed by atoms with van der Waals surface area (Å²) in [5.41, 5.74) is 1.50. The first-order chi connectivity index (χ1) is 14.0. The number of nitrogens with one attached hydrogen (secondary N) is 1. The maximum atomic E-state index is 12.7. The van der Waals surface area contributed by atoms with Gasteiger partial charge in [0.05, 0.1) is 12.2 Å². The Balaban J connectivity index is 1.76. The minimum absolute atomic E-state index is 0.0492. The molecule has 1 unspecified atom stereocenters. The molecule has 2 amide bonds. The third-order valence-electron chi connectivity index (χ3n) is 4.90. The van der Waals surface area contributed by atoms with Gasteiger partial charge in [-0.05, 0) is 52.0 Å². The van der Waals surface area contributed by atoms with Crippen LogP contribution in [0.5, 0.6) is 0 Å². The van der Waals surface area contributed by atoms with Crippen molar-refractivity contribution in [1.29, 1.82) is 0 Å². The summed E-state index contributed by atoms with van der Waals surface area (Å²) in [5, 5.41) is 3.63. The summed E-state index contributed by atoms with van der Waals surface area (Å²) in [7, 11) is 0. The number of hydrogen-bond acceptors (Lipinski definition) is 7. The number of ether oxygens (including phenoxy) is 1. The summed E-state index contributed by atoms with van der Waals surface area (Å²) in [6.45, 7) is 7.00. The van der Waals surface area contributed by atoms with Gasteiger partial charge in [-0.25, -0.2) is 4.79 Å². The van der Waals surface area contributed by atoms with Gasteiger partial charge in [0.2, 0.25) is 11.8 Å². The van der Waals surface area contributed by atoms with Gasteiger partial charge in [0.1, 0.15) is 10.3 Å². The van der Waals surface area contributed by atoms with Crippen molar-refractivity contribution >= 4 is 51.1 Å². The van der Waals surface area contributed by atoms with Crippen LogP contribution < -0.4 is 5.32 Å². The number of hydrogen-bond donors (Lipinski definition) is 1. The normalized spacial score (nSPS) is 20.1. The van der Waals surface area contributed by atoms with Gasteiger partial charge in [-0.1, -0.05) is 11.8 Å². The third kappa shape index (κ3) is 4.66. The van der Waals surface area contributed by atoms with Crippen LogP contribution in [0.1, 0.15) is 60.8 Å². The molecule has 7 nitrogen and oxygen atoms in total. The molecule has 1 atom stereocenters. The molecular formula is C20H27N3O4S2. The number of amidine groups is 1. The monoisotopic (exact) mass is 437 g/mol. The highest BCUT2D eigenvalue weighted by Crippen LogP contribution is 2.39. The molecule has 3 rings (SSSR count). The van der Waals surface area contributed by atoms with Crippen molar-refractivity contribution in [3.8, 4) is 0 Å². The summed E-state index contributed by atoms with van der Waals surface area (Å²) in [6.07, 6.45) is 3.91. The molecule has 1 aromatic heterocycles. The number of carbonyl (C=O) groups is 3. The average Bonchev–Trinajstić information content (AvgIpc) is 3.19. The van der Waals surface area contributed by atoms with Crippen molar-refractivity contribution in [3.05, 3.63) is 16.0 Å². The second-order valence-electron chi connectivity index (χ2n) is 6.83. The van der Waals surface area contributed by atoms with Crippen molar-refractivity contribution in [2.45, 2.75) is 58.1 Å². The first kappa shape index (κ1) is 21.8. The van der Waals surface area contributed by atoms with Gasteiger partial charge in [0.25, 0.3) is 0 Å². The van der Waals surface area contributed by atoms with E-state index in [4.69, 9.17) is 4.74 Å². The van der Waals surface area contributed by atoms with E-state index < -0.39 is 5.25 Å². The van der Waals surface area contributed by atoms with Crippen molar-refractivity contribution in [2.24, 2.45) is 4.99 Å². The Bertz CT molecular complexity index is 834. The molecule has 158 valence electrons. The lowest BCUT2D eigenvalue weighted by atomic mass is 9.95. The number of thiophene rings is 1. The number of thioether (sulfide) groups is 1. The van der Waals surface area contributed by atoms with Crippen LogP contribution in [0.3, 0.4) is 0 Å². The van der Waals surface area contributed by atoms with Gasteiger partial charge >= 0.3 is 5.97 Å². The van der Waals surface area contributed by atoms with Crippen molar-refractivity contribution < 1.29 is 19.1 Å². The lowest BCUT2D eigenvalue weighted by Crippen LogP contribution is -2.33. The standard InChI is InChI=1S/C20H27N3O4S2/c1-4-21-20-23(5-2)18(25)14(29-20)11-15(24)22-17-16(19(26)27-6-3)12-9-7-8-10-13(12)28-17/h14H,4-11H2,1-3H3,(H,22,24). The molecular weight excluding hydrogens is 410 g/mol. The number of aliphatic imine (C=N–C) groups is 1. The molecule has 0 radical (unpaired) electrons. The minimum Gasteiger partial charge on any atom is -0.462 e. The van der Waals surface area contributed by atoms with Crippen LogP contribution in [-0.4, -0.2) is 52.8 Å². The van der Waals surface area contributed by atoms with Crippen LogP contribution in [0, 0.1) is 0 Å². The lowest BCUT2D eigenvalue weighted by molar-refractivity contribution is -0.128. The van der Waals surface area contributed by atoms with Gasteiger partial charge in [0.15, 0.2) is 5.17 Å². The highest BCUT2D eigenvalue weighted by molar-refractivity contribution is 8.15. The molecule has 1 N–H and O–H groups in total. The summed E-state index contributed by atoms with van der Waals surface area (Å²) >= 11 is 2.80. The first-order valence-electron chi connectivity index (χ1n) is 10.1. The third-order valence-corrected chi connectivity index (χ3v) is 7.32. The van der Waals surface area contributed by atoms with Crippen LogP contribution in [0.25, 0.3) is 0 Å². The SMILES string of the molecule is CCN=C1SC(CC(=O)Nc2sc3c(c2C(=O)OCC)CCCC3)C(=O)N1CC. The molecule has 29 heavy (non-hydrogen) atoms. The zero-order valence-electron chi connectivity index (χ0n) is 17.1. The number of esters is 1. The topological polar surface area (TPSA) is 88.1 Å². The van der Waals surface area contributed by atoms with E-state index in [0.717, 1.165) is 36.1 Å². The summed E-state index contributed by atoms with van der Waals surface area (Å²) in [4.78, 5) is 45.0. The number of carbonyl (C=O) groups excluding carboxylic acids is 3. The van der Waals surface area contributed by atoms with E-state index in [-0.39, 0.29) is 30.8 Å². The van der Waals surface area contributed by atoms with Crippen molar-refractivity contribution in [1.82, 2.24) is 4.90 Å². The molecule has 0 bridgehead atoms. The van der Waals surface area contributed by atoms with E-state index in [2.05, 4.69) is 10.3 Å². The van der Waals surface area contributed by atoms with Crippen LogP contribution in [-0.2, 0) is 27.2 Å². The van der Waals surface area contributed by atoms with Crippen molar-refractivity contribution in [2.75, 3.05) is 25.0 Å². The van der Waals surface area contributed by atoms with E-state index in [1.807, 2.05) is 13.8 Å². The number of fused-ring (bicyclic) bond motifs is 1. The Hall–Kier alpha value is -1.87. The summed E-state index contributed by atoms with van der Waals surface area (Å²) < 4.78 is 5.23. The zero-order chi connectivity index (χ0) is 21.0. The molecule has 1 aliphatic carbocycles. The largest absolute Gasteiger partial charge is 0.462 e. The minimum atomic E-state index is -0.485. The Kier molecular flexibility index (Phi) is 7.34. The molecule has 2 aliphatic rings. The molecule has 1 aliphatic heterocycles. The smallest absolute Gasteiger partial charge is 0.341 e. The van der Waals surface area contributed by atoms with Gasteiger partial charge in [-0.2, -0.15) is 0 Å². The van der Waals surface area contributed by atoms with Gasteiger partial charge in [-0.3, -0.25) is 19.5 Å². The molecule has 0 spiro atoms. The average molecular weight is 438 g/mol. The van der Waals surface area contributed by atoms with Gasteiger partial charge < -0.3 is 10.1 Å². The first-order valence-corrected chi connectivity index (χ1v) is 11.8. The molecule has 9 heteroatoms. The van der Waals surface area contributed by atoms with E-state index in [0.29, 0.717) is 28.8 Å². The second-order valence-corrected chi connectivity index (χ2v) is 9.11. The fourth-order valence-electron chi connectivity index (χ4n) is 3.61. The van der Waals surface area contributed by atoms with Crippen LogP contribution in [0.2, 0.25) is 0 Å². The Morgan fingerprint density at radius 3 is 2.69 bits per heavy atom. The fourth-order valence-corrected chi connectivity index (χ4v) is 6.17. The van der Waals surface area contributed by atoms with Crippen LogP contribution in [0.15, 0.2) is 4.99 Å². The predicted molar refractivity (Wildman–Crippen MR) is 117 cm³/mol. The predicted octanol–water partition coefficient (Wildman–Crippen LogP) is 3.47. The summed E-state index contributed by atoms with van der Waals surface area (Å²) in [5.74, 6) is -0.743. The molecule has 1 aromatic rings. The number of amides is 2. The Morgan fingerprint density at radius 1 is 1.24 bits per heavy atom. The maximum Gasteiger partial charge on any atom is 0.341 e. The highest BCUT2D eigenvalue weighted by atomic mass is 32.2. The number of nitrogens with zero attached hydrogens (tertiary/aromatic N) is 2. The van der Waals surface area contributed by atoms with Crippen LogP contribution >= 0.6 is 23.1 Å². The maximum absolute atomic E-state index is 12.7. The molecule has 1 fully saturated rings. The van der Waals surface area contributed by atoms with E-state index >= 15 is 0 Å². The second kappa shape index (κ2) is 9.75. The van der Waals surface area contributed by atoms with E-state index in [9.17, 15) is 14.4 Å². The fraction of sp³-hybridized carbons (Fsp3) is 0.600. The summed E-state index contributed by atoms with van der Waals surface area (Å²) in [6, 6.07) is 0. The van der Waals surface area contributed by atoms with Crippen LogP contribution in [0.4, 0.5) is 5.00 Å². The van der Waals surface area contributed by atoms with Crippen molar-refractivity contribution in [3.63, 3.8) is 0 Å². The van der Waals surface area contributed by atoms with E-state index in [1.165, 1.54) is 23.1 Å². The number of anilines is 1. The molecule has 0 saturated carbocycles. The quantitative estimate of drug-likeness (QED) is 0.660. The number of rotatable bonds is 7. The Labute approximate surface area is 179 Å². The van der Waals surface area contributed by atoms with Gasteiger partial charge in [-0.15, -0.1) is 11.3 Å². The van der Waals surface area contributed by atoms with E-state index in [1.54, 1.807) is 11.8 Å². The van der Waals surface area contributed by atoms with Gasteiger partial charge in [0, 0.05) is 24.4 Å². The number of aryl methyl sites for hydroxylation is 1.